The monoisotopic (exact) mass is 497 g/mol. The minimum absolute atomic E-state index is 0.0608. The van der Waals surface area contributed by atoms with Crippen LogP contribution in [0.15, 0.2) is 108 Å². The molecule has 5 aromatic rings. The Morgan fingerprint density at radius 1 is 0.889 bits per heavy atom. The quantitative estimate of drug-likeness (QED) is 0.364. The molecule has 0 aliphatic carbocycles. The fourth-order valence-electron chi connectivity index (χ4n) is 3.89. The van der Waals surface area contributed by atoms with Gasteiger partial charge in [0.15, 0.2) is 0 Å². The van der Waals surface area contributed by atoms with Gasteiger partial charge in [0.05, 0.1) is 22.3 Å². The number of amides is 1. The summed E-state index contributed by atoms with van der Waals surface area (Å²) in [5.41, 5.74) is 3.18. The van der Waals surface area contributed by atoms with E-state index in [4.69, 9.17) is 0 Å². The molecule has 0 fully saturated rings. The Balaban J connectivity index is 1.32. The summed E-state index contributed by atoms with van der Waals surface area (Å²) in [4.78, 5) is 21.8. The van der Waals surface area contributed by atoms with Crippen LogP contribution in [0.1, 0.15) is 15.9 Å². The van der Waals surface area contributed by atoms with Gasteiger partial charge in [0.25, 0.3) is 15.9 Å². The maximum Gasteiger partial charge on any atom is 0.264 e. The second kappa shape index (κ2) is 9.63. The number of carbonyl (C=O) groups excluding carboxylic acids is 1. The molecule has 180 valence electrons. The molecule has 0 aliphatic rings. The number of para-hydroxylation sites is 3. The number of rotatable bonds is 7. The van der Waals surface area contributed by atoms with Crippen LogP contribution in [0, 0.1) is 0 Å². The molecule has 0 aliphatic heterocycles. The maximum atomic E-state index is 13.3. The number of aromatic nitrogens is 3. The van der Waals surface area contributed by atoms with Crippen molar-refractivity contribution in [3.05, 3.63) is 115 Å². The summed E-state index contributed by atoms with van der Waals surface area (Å²) >= 11 is 0. The number of imidazole rings is 1. The van der Waals surface area contributed by atoms with E-state index in [2.05, 4.69) is 15.3 Å². The molecule has 1 amide bonds. The molecule has 2 heterocycles. The molecule has 1 N–H and O–H groups in total. The smallest absolute Gasteiger partial charge is 0.264 e. The maximum absolute atomic E-state index is 13.3. The molecule has 0 bridgehead atoms. The molecule has 0 spiro atoms. The zero-order chi connectivity index (χ0) is 25.1. The number of benzene rings is 3. The van der Waals surface area contributed by atoms with Crippen LogP contribution in [-0.2, 0) is 16.6 Å². The zero-order valence-corrected chi connectivity index (χ0v) is 20.3. The number of fused-ring (bicyclic) bond motifs is 1. The van der Waals surface area contributed by atoms with Crippen molar-refractivity contribution in [2.45, 2.75) is 11.4 Å². The number of sulfonamides is 1. The summed E-state index contributed by atoms with van der Waals surface area (Å²) < 4.78 is 29.7. The Kier molecular flexibility index (Phi) is 6.22. The van der Waals surface area contributed by atoms with Gasteiger partial charge in [0.2, 0.25) is 0 Å². The van der Waals surface area contributed by atoms with Gasteiger partial charge in [0, 0.05) is 19.8 Å². The van der Waals surface area contributed by atoms with Crippen molar-refractivity contribution in [2.75, 3.05) is 11.4 Å². The molecule has 0 radical (unpaired) electrons. The van der Waals surface area contributed by atoms with Gasteiger partial charge in [-0.3, -0.25) is 13.7 Å². The van der Waals surface area contributed by atoms with Gasteiger partial charge in [-0.2, -0.15) is 0 Å². The van der Waals surface area contributed by atoms with Crippen LogP contribution >= 0.6 is 0 Å². The number of nitrogens with zero attached hydrogens (tertiary/aromatic N) is 4. The summed E-state index contributed by atoms with van der Waals surface area (Å²) in [5, 5.41) is 2.81. The van der Waals surface area contributed by atoms with Crippen molar-refractivity contribution in [3.63, 3.8) is 0 Å². The third-order valence-corrected chi connectivity index (χ3v) is 7.70. The average molecular weight is 498 g/mol. The van der Waals surface area contributed by atoms with Crippen LogP contribution < -0.4 is 9.62 Å². The lowest BCUT2D eigenvalue weighted by molar-refractivity contribution is 0.0947. The van der Waals surface area contributed by atoms with Gasteiger partial charge < -0.3 is 5.32 Å². The zero-order valence-electron chi connectivity index (χ0n) is 19.4. The Labute approximate surface area is 208 Å². The van der Waals surface area contributed by atoms with Crippen LogP contribution in [0.3, 0.4) is 0 Å². The molecule has 2 aromatic heterocycles. The fourth-order valence-corrected chi connectivity index (χ4v) is 5.27. The Bertz CT molecular complexity index is 1630. The van der Waals surface area contributed by atoms with E-state index >= 15 is 0 Å². The molecular formula is C27H23N5O3S. The van der Waals surface area contributed by atoms with E-state index in [9.17, 15) is 13.2 Å². The van der Waals surface area contributed by atoms with Crippen LogP contribution in [0.4, 0.5) is 5.69 Å². The summed E-state index contributed by atoms with van der Waals surface area (Å²) in [7, 11) is -2.48. The minimum atomic E-state index is -3.95. The predicted octanol–water partition coefficient (Wildman–Crippen LogP) is 4.18. The number of nitrogens with one attached hydrogen (secondary N) is 1. The van der Waals surface area contributed by atoms with Crippen molar-refractivity contribution < 1.29 is 13.2 Å². The van der Waals surface area contributed by atoms with Crippen LogP contribution in [-0.4, -0.2) is 35.9 Å². The van der Waals surface area contributed by atoms with Gasteiger partial charge in [-0.1, -0.05) is 48.5 Å². The summed E-state index contributed by atoms with van der Waals surface area (Å²) in [5.74, 6) is 0.222. The molecule has 9 heteroatoms. The fraction of sp³-hybridized carbons (Fsp3) is 0.0741. The number of anilines is 1. The third-order valence-electron chi connectivity index (χ3n) is 5.85. The molecule has 0 saturated carbocycles. The largest absolute Gasteiger partial charge is 0.348 e. The molecule has 0 atom stereocenters. The molecule has 5 rings (SSSR count). The highest BCUT2D eigenvalue weighted by Gasteiger charge is 2.26. The SMILES string of the molecule is CN(c1ccccc1)S(=O)(=O)c1ccccc1C(=O)NCc1ccc(-n2cnc3ccccc32)nc1. The summed E-state index contributed by atoms with van der Waals surface area (Å²) in [6, 6.07) is 26.4. The molecule has 0 saturated heterocycles. The molecular weight excluding hydrogens is 474 g/mol. The number of carbonyl (C=O) groups is 1. The van der Waals surface area contributed by atoms with Gasteiger partial charge in [-0.15, -0.1) is 0 Å². The highest BCUT2D eigenvalue weighted by atomic mass is 32.2. The van der Waals surface area contributed by atoms with Crippen LogP contribution in [0.5, 0.6) is 0 Å². The van der Waals surface area contributed by atoms with Crippen LogP contribution in [0.2, 0.25) is 0 Å². The van der Waals surface area contributed by atoms with Gasteiger partial charge in [0.1, 0.15) is 17.0 Å². The van der Waals surface area contributed by atoms with E-state index in [0.29, 0.717) is 11.5 Å². The first-order chi connectivity index (χ1) is 17.4. The highest BCUT2D eigenvalue weighted by molar-refractivity contribution is 7.92. The van der Waals surface area contributed by atoms with Crippen molar-refractivity contribution >= 4 is 32.7 Å². The van der Waals surface area contributed by atoms with Crippen molar-refractivity contribution in [2.24, 2.45) is 0 Å². The normalized spacial score (nSPS) is 11.4. The van der Waals surface area contributed by atoms with E-state index in [1.165, 1.54) is 23.5 Å². The Morgan fingerprint density at radius 2 is 1.61 bits per heavy atom. The second-order valence-corrected chi connectivity index (χ2v) is 10.1. The number of pyridine rings is 1. The molecule has 8 nitrogen and oxygen atoms in total. The van der Waals surface area contributed by atoms with Crippen molar-refractivity contribution in [1.82, 2.24) is 19.9 Å². The first kappa shape index (κ1) is 23.3. The van der Waals surface area contributed by atoms with E-state index < -0.39 is 15.9 Å². The first-order valence-electron chi connectivity index (χ1n) is 11.2. The van der Waals surface area contributed by atoms with E-state index in [0.717, 1.165) is 16.6 Å². The van der Waals surface area contributed by atoms with E-state index in [1.807, 2.05) is 47.0 Å². The summed E-state index contributed by atoms with van der Waals surface area (Å²) in [6.45, 7) is 0.194. The third kappa shape index (κ3) is 4.44. The Morgan fingerprint density at radius 3 is 2.39 bits per heavy atom. The lowest BCUT2D eigenvalue weighted by Gasteiger charge is -2.21. The first-order valence-corrected chi connectivity index (χ1v) is 12.7. The van der Waals surface area contributed by atoms with E-state index in [1.54, 1.807) is 48.9 Å². The van der Waals surface area contributed by atoms with Crippen LogP contribution in [0.25, 0.3) is 16.9 Å². The van der Waals surface area contributed by atoms with Gasteiger partial charge >= 0.3 is 0 Å². The van der Waals surface area contributed by atoms with Gasteiger partial charge in [-0.05, 0) is 48.0 Å². The topological polar surface area (TPSA) is 97.2 Å². The Hall–Kier alpha value is -4.50. The van der Waals surface area contributed by atoms with Crippen molar-refractivity contribution in [1.29, 1.82) is 0 Å². The van der Waals surface area contributed by atoms with E-state index in [-0.39, 0.29) is 17.0 Å². The van der Waals surface area contributed by atoms with Crippen molar-refractivity contribution in [3.8, 4) is 5.82 Å². The molecule has 0 unspecified atom stereocenters. The number of hydrogen-bond acceptors (Lipinski definition) is 5. The second-order valence-electron chi connectivity index (χ2n) is 8.11. The minimum Gasteiger partial charge on any atom is -0.348 e. The lowest BCUT2D eigenvalue weighted by atomic mass is 10.2. The lowest BCUT2D eigenvalue weighted by Crippen LogP contribution is -2.30. The molecule has 36 heavy (non-hydrogen) atoms. The van der Waals surface area contributed by atoms with Gasteiger partial charge in [-0.25, -0.2) is 18.4 Å². The predicted molar refractivity (Wildman–Crippen MR) is 139 cm³/mol. The molecule has 3 aromatic carbocycles. The number of hydrogen-bond donors (Lipinski definition) is 1. The standard InChI is InChI=1S/C27H23N5O3S/c1-31(21-9-3-2-4-10-21)36(34,35)25-14-8-5-11-22(25)27(33)29-18-20-15-16-26(28-17-20)32-19-30-23-12-6-7-13-24(23)32/h2-17,19H,18H2,1H3,(H,29,33). The average Bonchev–Trinajstić information content (AvgIpc) is 3.36. The summed E-state index contributed by atoms with van der Waals surface area (Å²) in [6.07, 6.45) is 3.40. The highest BCUT2D eigenvalue weighted by Crippen LogP contribution is 2.24.